The van der Waals surface area contributed by atoms with E-state index in [2.05, 4.69) is 20.2 Å². The highest BCUT2D eigenvalue weighted by Gasteiger charge is 2.17. The normalized spacial score (nSPS) is 15.5. The molecule has 0 aliphatic carbocycles. The number of piperidine rings is 1. The van der Waals surface area contributed by atoms with Crippen LogP contribution in [0.15, 0.2) is 42.7 Å². The summed E-state index contributed by atoms with van der Waals surface area (Å²) in [5.74, 6) is 2.24. The van der Waals surface area contributed by atoms with Gasteiger partial charge in [-0.15, -0.1) is 0 Å². The number of hydrogen-bond donors (Lipinski definition) is 1. The summed E-state index contributed by atoms with van der Waals surface area (Å²) in [5, 5.41) is 3.90. The van der Waals surface area contributed by atoms with Crippen LogP contribution in [0.2, 0.25) is 0 Å². The number of ether oxygens (including phenoxy) is 2. The van der Waals surface area contributed by atoms with E-state index < -0.39 is 0 Å². The maximum atomic E-state index is 12.8. The minimum atomic E-state index is -0.127. The minimum Gasteiger partial charge on any atom is -0.454 e. The Balaban J connectivity index is 1.36. The summed E-state index contributed by atoms with van der Waals surface area (Å²) >= 11 is 0. The Hall–Kier alpha value is -3.35. The Morgan fingerprint density at radius 2 is 1.86 bits per heavy atom. The van der Waals surface area contributed by atoms with Gasteiger partial charge < -0.3 is 19.7 Å². The van der Waals surface area contributed by atoms with Crippen LogP contribution in [0, 0.1) is 0 Å². The highest BCUT2D eigenvalue weighted by molar-refractivity contribution is 6.00. The average Bonchev–Trinajstić information content (AvgIpc) is 3.25. The van der Waals surface area contributed by atoms with Crippen LogP contribution in [0.5, 0.6) is 11.5 Å². The Bertz CT molecular complexity index is 1060. The first-order valence-electron chi connectivity index (χ1n) is 9.94. The molecule has 0 atom stereocenters. The van der Waals surface area contributed by atoms with Gasteiger partial charge in [0.05, 0.1) is 5.52 Å². The summed E-state index contributed by atoms with van der Waals surface area (Å²) in [6, 6.07) is 11.3. The fraction of sp³-hybridized carbons (Fsp3) is 0.318. The van der Waals surface area contributed by atoms with E-state index >= 15 is 0 Å². The third-order valence-corrected chi connectivity index (χ3v) is 5.42. The molecular formula is C22H22N4O3. The molecule has 29 heavy (non-hydrogen) atoms. The van der Waals surface area contributed by atoms with Gasteiger partial charge in [-0.1, -0.05) is 6.07 Å². The second-order valence-corrected chi connectivity index (χ2v) is 7.35. The number of carbonyl (C=O) groups excluding carboxylic acids is 1. The van der Waals surface area contributed by atoms with Gasteiger partial charge in [-0.3, -0.25) is 4.79 Å². The molecule has 1 saturated heterocycles. The fourth-order valence-corrected chi connectivity index (χ4v) is 3.88. The Morgan fingerprint density at radius 1 is 1.00 bits per heavy atom. The molecule has 3 heterocycles. The first-order valence-corrected chi connectivity index (χ1v) is 9.94. The highest BCUT2D eigenvalue weighted by atomic mass is 16.7. The second kappa shape index (κ2) is 7.58. The number of fused-ring (bicyclic) bond motifs is 2. The van der Waals surface area contributed by atoms with Crippen molar-refractivity contribution in [1.82, 2.24) is 15.3 Å². The van der Waals surface area contributed by atoms with E-state index in [9.17, 15) is 4.79 Å². The van der Waals surface area contributed by atoms with E-state index in [1.165, 1.54) is 19.3 Å². The zero-order valence-electron chi connectivity index (χ0n) is 16.1. The third kappa shape index (κ3) is 3.55. The number of rotatable bonds is 4. The fourth-order valence-electron chi connectivity index (χ4n) is 3.88. The average molecular weight is 390 g/mol. The molecule has 2 aliphatic rings. The summed E-state index contributed by atoms with van der Waals surface area (Å²) in [6.45, 7) is 2.64. The van der Waals surface area contributed by atoms with Gasteiger partial charge in [0.25, 0.3) is 5.91 Å². The predicted molar refractivity (Wildman–Crippen MR) is 109 cm³/mol. The van der Waals surface area contributed by atoms with Gasteiger partial charge in [0.1, 0.15) is 12.1 Å². The van der Waals surface area contributed by atoms with E-state index in [1.807, 2.05) is 36.4 Å². The molecule has 1 aromatic heterocycles. The van der Waals surface area contributed by atoms with Gasteiger partial charge >= 0.3 is 0 Å². The van der Waals surface area contributed by atoms with Crippen LogP contribution >= 0.6 is 0 Å². The van der Waals surface area contributed by atoms with Crippen molar-refractivity contribution >= 4 is 22.6 Å². The maximum absolute atomic E-state index is 12.8. The molecule has 1 amide bonds. The number of amides is 1. The highest BCUT2D eigenvalue weighted by Crippen LogP contribution is 2.32. The maximum Gasteiger partial charge on any atom is 0.251 e. The van der Waals surface area contributed by atoms with E-state index in [0.717, 1.165) is 41.1 Å². The van der Waals surface area contributed by atoms with Crippen molar-refractivity contribution in [2.24, 2.45) is 0 Å². The quantitative estimate of drug-likeness (QED) is 0.737. The molecule has 3 aromatic rings. The van der Waals surface area contributed by atoms with E-state index in [4.69, 9.17) is 9.47 Å². The van der Waals surface area contributed by atoms with Crippen molar-refractivity contribution in [2.45, 2.75) is 25.8 Å². The van der Waals surface area contributed by atoms with Gasteiger partial charge in [-0.2, -0.15) is 0 Å². The van der Waals surface area contributed by atoms with Crippen LogP contribution in [-0.2, 0) is 6.54 Å². The van der Waals surface area contributed by atoms with Crippen molar-refractivity contribution < 1.29 is 14.3 Å². The molecule has 7 heteroatoms. The number of nitrogens with one attached hydrogen (secondary N) is 1. The van der Waals surface area contributed by atoms with Gasteiger partial charge in [0.2, 0.25) is 6.79 Å². The molecule has 5 rings (SSSR count). The SMILES string of the molecule is O=C(NCc1ccc2c(c1)OCO2)c1ccc2ncnc(N3CCCCC3)c2c1. The monoisotopic (exact) mass is 390 g/mol. The summed E-state index contributed by atoms with van der Waals surface area (Å²) in [6.07, 6.45) is 5.20. The molecule has 0 saturated carbocycles. The summed E-state index contributed by atoms with van der Waals surface area (Å²) in [4.78, 5) is 23.9. The Kier molecular flexibility index (Phi) is 4.63. The molecule has 2 aliphatic heterocycles. The summed E-state index contributed by atoms with van der Waals surface area (Å²) < 4.78 is 10.7. The van der Waals surface area contributed by atoms with Gasteiger partial charge in [-0.05, 0) is 55.2 Å². The number of nitrogens with zero attached hydrogens (tertiary/aromatic N) is 3. The van der Waals surface area contributed by atoms with Crippen LogP contribution in [-0.4, -0.2) is 35.8 Å². The van der Waals surface area contributed by atoms with Crippen molar-refractivity contribution in [3.8, 4) is 11.5 Å². The number of hydrogen-bond acceptors (Lipinski definition) is 6. The van der Waals surface area contributed by atoms with Crippen molar-refractivity contribution in [1.29, 1.82) is 0 Å². The summed E-state index contributed by atoms with van der Waals surface area (Å²) in [5.41, 5.74) is 2.42. The van der Waals surface area contributed by atoms with Gasteiger partial charge in [-0.25, -0.2) is 9.97 Å². The lowest BCUT2D eigenvalue weighted by Gasteiger charge is -2.28. The molecule has 0 spiro atoms. The standard InChI is InChI=1S/C22H22N4O3/c27-22(23-12-15-4-7-19-20(10-15)29-14-28-19)16-5-6-18-17(11-16)21(25-13-24-18)26-8-2-1-3-9-26/h4-7,10-11,13H,1-3,8-9,12,14H2,(H,23,27). The zero-order valence-corrected chi connectivity index (χ0v) is 16.1. The molecule has 7 nitrogen and oxygen atoms in total. The molecule has 0 bridgehead atoms. The number of aromatic nitrogens is 2. The van der Waals surface area contributed by atoms with Gasteiger partial charge in [0, 0.05) is 30.6 Å². The lowest BCUT2D eigenvalue weighted by molar-refractivity contribution is 0.0951. The first kappa shape index (κ1) is 17.7. The molecule has 1 fully saturated rings. The molecule has 2 aromatic carbocycles. The van der Waals surface area contributed by atoms with Gasteiger partial charge in [0.15, 0.2) is 11.5 Å². The number of anilines is 1. The number of benzene rings is 2. The van der Waals surface area contributed by atoms with Crippen molar-refractivity contribution in [3.05, 3.63) is 53.9 Å². The third-order valence-electron chi connectivity index (χ3n) is 5.42. The lowest BCUT2D eigenvalue weighted by atomic mass is 10.1. The first-order chi connectivity index (χ1) is 14.3. The Morgan fingerprint density at radius 3 is 2.76 bits per heavy atom. The predicted octanol–water partition coefficient (Wildman–Crippen LogP) is 3.28. The zero-order chi connectivity index (χ0) is 19.6. The van der Waals surface area contributed by atoms with Crippen LogP contribution < -0.4 is 19.7 Å². The van der Waals surface area contributed by atoms with Crippen LogP contribution in [0.1, 0.15) is 35.2 Å². The van der Waals surface area contributed by atoms with Crippen molar-refractivity contribution in [3.63, 3.8) is 0 Å². The molecule has 0 unspecified atom stereocenters. The smallest absolute Gasteiger partial charge is 0.251 e. The molecule has 148 valence electrons. The van der Waals surface area contributed by atoms with Crippen LogP contribution in [0.25, 0.3) is 10.9 Å². The van der Waals surface area contributed by atoms with E-state index in [1.54, 1.807) is 6.33 Å². The van der Waals surface area contributed by atoms with E-state index in [0.29, 0.717) is 17.9 Å². The summed E-state index contributed by atoms with van der Waals surface area (Å²) in [7, 11) is 0. The lowest BCUT2D eigenvalue weighted by Crippen LogP contribution is -2.30. The van der Waals surface area contributed by atoms with E-state index in [-0.39, 0.29) is 12.7 Å². The largest absolute Gasteiger partial charge is 0.454 e. The molecule has 0 radical (unpaired) electrons. The van der Waals surface area contributed by atoms with Crippen LogP contribution in [0.4, 0.5) is 5.82 Å². The van der Waals surface area contributed by atoms with Crippen LogP contribution in [0.3, 0.4) is 0 Å². The number of carbonyl (C=O) groups is 1. The second-order valence-electron chi connectivity index (χ2n) is 7.35. The molecular weight excluding hydrogens is 368 g/mol. The topological polar surface area (TPSA) is 76.6 Å². The van der Waals surface area contributed by atoms with Crippen molar-refractivity contribution in [2.75, 3.05) is 24.8 Å². The molecule has 1 N–H and O–H groups in total. The Labute approximate surface area is 168 Å². The minimum absolute atomic E-state index is 0.127.